The molecule has 7 nitrogen and oxygen atoms in total. The monoisotopic (exact) mass is 338 g/mol. The summed E-state index contributed by atoms with van der Waals surface area (Å²) in [6, 6.07) is 0. The molecule has 0 aromatic carbocycles. The van der Waals surface area contributed by atoms with Gasteiger partial charge in [0.2, 0.25) is 0 Å². The van der Waals surface area contributed by atoms with Gasteiger partial charge < -0.3 is 15.3 Å². The summed E-state index contributed by atoms with van der Waals surface area (Å²) >= 11 is 4.07. The number of aliphatic hydroxyl groups is 3. The molecule has 0 bridgehead atoms. The molecule has 4 atom stereocenters. The number of H-pyrrole nitrogens is 1. The molecule has 4 unspecified atom stereocenters. The zero-order valence-corrected chi connectivity index (χ0v) is 11.4. The van der Waals surface area contributed by atoms with Crippen molar-refractivity contribution in [3.63, 3.8) is 0 Å². The van der Waals surface area contributed by atoms with Crippen LogP contribution in [0.1, 0.15) is 5.37 Å². The Balaban J connectivity index is 2.42. The maximum Gasteiger partial charge on any atom is 0.329 e. The van der Waals surface area contributed by atoms with Crippen LogP contribution in [0.4, 0.5) is 0 Å². The predicted molar refractivity (Wildman–Crippen MR) is 68.5 cm³/mol. The van der Waals surface area contributed by atoms with Crippen LogP contribution in [0, 0.1) is 0 Å². The van der Waals surface area contributed by atoms with Crippen molar-refractivity contribution in [2.45, 2.75) is 22.8 Å². The van der Waals surface area contributed by atoms with Gasteiger partial charge in [-0.2, -0.15) is 0 Å². The van der Waals surface area contributed by atoms with Gasteiger partial charge in [0.15, 0.2) is 0 Å². The van der Waals surface area contributed by atoms with E-state index in [4.69, 9.17) is 5.11 Å². The second-order valence-corrected chi connectivity index (χ2v) is 6.09. The van der Waals surface area contributed by atoms with E-state index in [2.05, 4.69) is 20.9 Å². The van der Waals surface area contributed by atoms with Gasteiger partial charge in [-0.05, 0) is 15.9 Å². The van der Waals surface area contributed by atoms with Gasteiger partial charge >= 0.3 is 5.69 Å². The molecular weight excluding hydrogens is 328 g/mol. The number of thioether (sulfide) groups is 1. The highest BCUT2D eigenvalue weighted by molar-refractivity contribution is 9.10. The number of hydrogen-bond donors (Lipinski definition) is 4. The topological polar surface area (TPSA) is 116 Å². The van der Waals surface area contributed by atoms with Gasteiger partial charge in [-0.3, -0.25) is 14.3 Å². The van der Waals surface area contributed by atoms with Crippen LogP contribution in [-0.2, 0) is 0 Å². The van der Waals surface area contributed by atoms with Crippen LogP contribution in [0.3, 0.4) is 0 Å². The Bertz CT molecular complexity index is 559. The fraction of sp³-hybridized carbons (Fsp3) is 0.556. The normalized spacial score (nSPS) is 31.8. The van der Waals surface area contributed by atoms with Crippen molar-refractivity contribution in [2.24, 2.45) is 0 Å². The highest BCUT2D eigenvalue weighted by Crippen LogP contribution is 2.40. The third-order valence-electron chi connectivity index (χ3n) is 2.72. The summed E-state index contributed by atoms with van der Waals surface area (Å²) < 4.78 is 1.27. The van der Waals surface area contributed by atoms with Crippen LogP contribution in [0.25, 0.3) is 0 Å². The summed E-state index contributed by atoms with van der Waals surface area (Å²) in [6.45, 7) is -0.307. The fourth-order valence-electron chi connectivity index (χ4n) is 1.76. The van der Waals surface area contributed by atoms with Crippen LogP contribution in [0.2, 0.25) is 0 Å². The molecule has 100 valence electrons. The van der Waals surface area contributed by atoms with Gasteiger partial charge in [0.25, 0.3) is 5.56 Å². The van der Waals surface area contributed by atoms with E-state index < -0.39 is 34.1 Å². The van der Waals surface area contributed by atoms with Crippen molar-refractivity contribution in [2.75, 3.05) is 6.61 Å². The van der Waals surface area contributed by atoms with Gasteiger partial charge in [-0.15, -0.1) is 11.8 Å². The van der Waals surface area contributed by atoms with E-state index in [1.807, 2.05) is 0 Å². The number of nitrogens with zero attached hydrogens (tertiary/aromatic N) is 1. The maximum atomic E-state index is 11.6. The molecule has 1 aromatic rings. The molecule has 2 rings (SSSR count). The first-order valence-corrected chi connectivity index (χ1v) is 6.82. The zero-order chi connectivity index (χ0) is 13.4. The van der Waals surface area contributed by atoms with Gasteiger partial charge in [0, 0.05) is 6.20 Å². The maximum absolute atomic E-state index is 11.6. The van der Waals surface area contributed by atoms with Crippen molar-refractivity contribution in [3.8, 4) is 0 Å². The summed E-state index contributed by atoms with van der Waals surface area (Å²) in [5.41, 5.74) is -1.24. The lowest BCUT2D eigenvalue weighted by molar-refractivity contribution is 0.0101. The molecule has 18 heavy (non-hydrogen) atoms. The molecule has 1 aliphatic heterocycles. The Morgan fingerprint density at radius 3 is 2.61 bits per heavy atom. The van der Waals surface area contributed by atoms with Gasteiger partial charge in [-0.25, -0.2) is 4.79 Å². The number of halogens is 1. The van der Waals surface area contributed by atoms with Crippen LogP contribution in [0.5, 0.6) is 0 Å². The molecular formula is C9H11BrN2O5S. The summed E-state index contributed by atoms with van der Waals surface area (Å²) in [6.07, 6.45) is -1.06. The van der Waals surface area contributed by atoms with Crippen molar-refractivity contribution < 1.29 is 15.3 Å². The summed E-state index contributed by atoms with van der Waals surface area (Å²) in [5.74, 6) is 0. The number of aromatic amines is 1. The Hall–Kier alpha value is -0.610. The molecule has 1 aliphatic rings. The van der Waals surface area contributed by atoms with Crippen molar-refractivity contribution in [1.82, 2.24) is 9.55 Å². The average Bonchev–Trinajstić information content (AvgIpc) is 2.61. The minimum absolute atomic E-state index is 0.150. The van der Waals surface area contributed by atoms with E-state index in [1.54, 1.807) is 0 Å². The molecule has 4 N–H and O–H groups in total. The van der Waals surface area contributed by atoms with Crippen LogP contribution >= 0.6 is 27.7 Å². The van der Waals surface area contributed by atoms with Crippen LogP contribution in [0.15, 0.2) is 20.3 Å². The number of hydrogen-bond acceptors (Lipinski definition) is 6. The SMILES string of the molecule is O=c1[nH]c(=O)n(C2SC(CO)C(O)C2O)cc1Br. The lowest BCUT2D eigenvalue weighted by Crippen LogP contribution is -2.37. The quantitative estimate of drug-likeness (QED) is 0.528. The Labute approximate surface area is 114 Å². The van der Waals surface area contributed by atoms with E-state index in [0.717, 1.165) is 16.3 Å². The Morgan fingerprint density at radius 1 is 1.39 bits per heavy atom. The first-order chi connectivity index (χ1) is 8.45. The lowest BCUT2D eigenvalue weighted by Gasteiger charge is -2.17. The number of nitrogens with one attached hydrogen (secondary N) is 1. The molecule has 2 heterocycles. The largest absolute Gasteiger partial charge is 0.395 e. The lowest BCUT2D eigenvalue weighted by atomic mass is 10.1. The molecule has 1 fully saturated rings. The highest BCUT2D eigenvalue weighted by Gasteiger charge is 2.43. The van der Waals surface area contributed by atoms with Gasteiger partial charge in [-0.1, -0.05) is 0 Å². The Kier molecular flexibility index (Phi) is 3.97. The average molecular weight is 339 g/mol. The second-order valence-electron chi connectivity index (χ2n) is 3.87. The summed E-state index contributed by atoms with van der Waals surface area (Å²) in [4.78, 5) is 24.9. The fourth-order valence-corrected chi connectivity index (χ4v) is 3.46. The van der Waals surface area contributed by atoms with Crippen LogP contribution in [-0.4, -0.2) is 48.9 Å². The second kappa shape index (κ2) is 5.17. The number of aliphatic hydroxyl groups excluding tert-OH is 3. The Morgan fingerprint density at radius 2 is 2.06 bits per heavy atom. The minimum atomic E-state index is -1.19. The highest BCUT2D eigenvalue weighted by atomic mass is 79.9. The van der Waals surface area contributed by atoms with Gasteiger partial charge in [0.1, 0.15) is 11.5 Å². The molecule has 1 aromatic heterocycles. The third kappa shape index (κ3) is 2.28. The first kappa shape index (κ1) is 13.8. The smallest absolute Gasteiger partial charge is 0.329 e. The minimum Gasteiger partial charge on any atom is -0.395 e. The molecule has 9 heteroatoms. The molecule has 0 amide bonds. The van der Waals surface area contributed by atoms with E-state index in [1.165, 1.54) is 6.20 Å². The third-order valence-corrected chi connectivity index (χ3v) is 4.84. The van der Waals surface area contributed by atoms with Crippen molar-refractivity contribution in [1.29, 1.82) is 0 Å². The predicted octanol–water partition coefficient (Wildman–Crippen LogP) is -1.37. The first-order valence-electron chi connectivity index (χ1n) is 5.09. The number of aromatic nitrogens is 2. The number of rotatable bonds is 2. The molecule has 0 saturated carbocycles. The summed E-state index contributed by atoms with van der Waals surface area (Å²) in [5, 5.41) is 27.2. The van der Waals surface area contributed by atoms with E-state index in [0.29, 0.717) is 0 Å². The van der Waals surface area contributed by atoms with Crippen molar-refractivity contribution >= 4 is 27.7 Å². The summed E-state index contributed by atoms with van der Waals surface area (Å²) in [7, 11) is 0. The molecule has 0 radical (unpaired) electrons. The molecule has 1 saturated heterocycles. The van der Waals surface area contributed by atoms with Crippen LogP contribution < -0.4 is 11.2 Å². The standard InChI is InChI=1S/C9H11BrN2O5S/c10-3-1-12(9(17)11-7(3)16)8-6(15)5(14)4(2-13)18-8/h1,4-6,8,13-15H,2H2,(H,11,16,17). The van der Waals surface area contributed by atoms with Crippen molar-refractivity contribution in [3.05, 3.63) is 31.5 Å². The zero-order valence-electron chi connectivity index (χ0n) is 8.99. The molecule has 0 aliphatic carbocycles. The molecule has 0 spiro atoms. The van der Waals surface area contributed by atoms with E-state index in [-0.39, 0.29) is 11.1 Å². The van der Waals surface area contributed by atoms with E-state index in [9.17, 15) is 19.8 Å². The van der Waals surface area contributed by atoms with E-state index >= 15 is 0 Å². The van der Waals surface area contributed by atoms with Gasteiger partial charge in [0.05, 0.1) is 22.4 Å².